The highest BCUT2D eigenvalue weighted by Gasteiger charge is 2.41. The Hall–Kier alpha value is -2.98. The van der Waals surface area contributed by atoms with Gasteiger partial charge in [-0.1, -0.05) is 30.3 Å². The minimum atomic E-state index is -2.74. The second-order valence-electron chi connectivity index (χ2n) is 8.26. The molecular formula is C23H33NO9. The maximum atomic E-state index is 12.0. The predicted octanol–water partition coefficient (Wildman–Crippen LogP) is 1.74. The third kappa shape index (κ3) is 9.19. The molecule has 10 nitrogen and oxygen atoms in total. The first-order valence-corrected chi connectivity index (χ1v) is 10.7. The van der Waals surface area contributed by atoms with Gasteiger partial charge in [0.05, 0.1) is 25.9 Å². The number of hydrogen-bond donors (Lipinski definition) is 4. The van der Waals surface area contributed by atoms with Gasteiger partial charge in [0, 0.05) is 5.41 Å². The summed E-state index contributed by atoms with van der Waals surface area (Å²) in [5, 5.41) is 33.8. The van der Waals surface area contributed by atoms with E-state index in [2.05, 4.69) is 36.2 Å². The van der Waals surface area contributed by atoms with E-state index in [0.29, 0.717) is 13.0 Å². The minimum absolute atomic E-state index is 0.0573. The zero-order valence-electron chi connectivity index (χ0n) is 19.0. The second-order valence-corrected chi connectivity index (χ2v) is 8.26. The van der Waals surface area contributed by atoms with Gasteiger partial charge in [0.25, 0.3) is 0 Å². The van der Waals surface area contributed by atoms with Gasteiger partial charge in [-0.15, -0.1) is 0 Å². The molecule has 1 atom stereocenters. The summed E-state index contributed by atoms with van der Waals surface area (Å²) in [4.78, 5) is 44.9. The first-order chi connectivity index (χ1) is 15.4. The van der Waals surface area contributed by atoms with E-state index in [1.165, 1.54) is 5.56 Å². The topological polar surface area (TPSA) is 162 Å². The van der Waals surface area contributed by atoms with Crippen molar-refractivity contribution < 1.29 is 44.3 Å². The molecule has 0 aromatic heterocycles. The Bertz CT molecular complexity index is 795. The van der Waals surface area contributed by atoms with E-state index in [1.807, 2.05) is 13.0 Å². The van der Waals surface area contributed by atoms with Gasteiger partial charge in [0.1, 0.15) is 0 Å². The van der Waals surface area contributed by atoms with E-state index < -0.39 is 36.4 Å². The van der Waals surface area contributed by atoms with E-state index in [9.17, 15) is 19.2 Å². The number of carbonyl (C=O) groups excluding carboxylic acids is 1. The number of likely N-dealkylation sites (tertiary alicyclic amines) is 1. The van der Waals surface area contributed by atoms with Crippen molar-refractivity contribution in [1.82, 2.24) is 4.90 Å². The fourth-order valence-electron chi connectivity index (χ4n) is 3.89. The van der Waals surface area contributed by atoms with Gasteiger partial charge >= 0.3 is 23.9 Å². The van der Waals surface area contributed by atoms with Crippen LogP contribution in [0.25, 0.3) is 0 Å². The zero-order valence-corrected chi connectivity index (χ0v) is 19.0. The third-order valence-electron chi connectivity index (χ3n) is 5.63. The highest BCUT2D eigenvalue weighted by atomic mass is 16.5. The van der Waals surface area contributed by atoms with Crippen LogP contribution in [0.4, 0.5) is 0 Å². The number of nitrogens with zero attached hydrogens (tertiary/aromatic N) is 1. The molecule has 184 valence electrons. The molecule has 1 saturated heterocycles. The monoisotopic (exact) mass is 467 g/mol. The Morgan fingerprint density at radius 3 is 2.06 bits per heavy atom. The average Bonchev–Trinajstić information content (AvgIpc) is 2.90. The fraction of sp³-hybridized carbons (Fsp3) is 0.565. The highest BCUT2D eigenvalue weighted by Crippen LogP contribution is 2.38. The average molecular weight is 468 g/mol. The van der Waals surface area contributed by atoms with Crippen LogP contribution in [0.3, 0.4) is 0 Å². The molecule has 0 aliphatic carbocycles. The van der Waals surface area contributed by atoms with Crippen molar-refractivity contribution >= 4 is 23.9 Å². The molecule has 0 saturated carbocycles. The SMILES string of the molecule is CCOC(=O)CC1(c2ccccc2)CCCN(C)CC1.O=C(O)CC(O)(CC(=O)O)C(=O)O. The maximum absolute atomic E-state index is 12.0. The van der Waals surface area contributed by atoms with Gasteiger partial charge in [0.15, 0.2) is 5.60 Å². The molecule has 0 bridgehead atoms. The summed E-state index contributed by atoms with van der Waals surface area (Å²) in [5.74, 6) is -5.09. The quantitative estimate of drug-likeness (QED) is 0.394. The lowest BCUT2D eigenvalue weighted by Crippen LogP contribution is -2.42. The molecule has 1 aliphatic heterocycles. The lowest BCUT2D eigenvalue weighted by molar-refractivity contribution is -0.170. The van der Waals surface area contributed by atoms with Crippen molar-refractivity contribution in [2.75, 3.05) is 26.7 Å². The van der Waals surface area contributed by atoms with E-state index in [4.69, 9.17) is 25.2 Å². The van der Waals surface area contributed by atoms with E-state index >= 15 is 0 Å². The first kappa shape index (κ1) is 28.1. The van der Waals surface area contributed by atoms with Gasteiger partial charge in [-0.2, -0.15) is 0 Å². The molecule has 0 spiro atoms. The summed E-state index contributed by atoms with van der Waals surface area (Å²) in [6.45, 7) is 4.48. The zero-order chi connectivity index (χ0) is 25.1. The highest BCUT2D eigenvalue weighted by molar-refractivity contribution is 5.88. The molecule has 1 unspecified atom stereocenters. The summed E-state index contributed by atoms with van der Waals surface area (Å²) in [6, 6.07) is 10.5. The van der Waals surface area contributed by atoms with Crippen LogP contribution in [0, 0.1) is 0 Å². The predicted molar refractivity (Wildman–Crippen MR) is 118 cm³/mol. The molecule has 1 fully saturated rings. The lowest BCUT2D eigenvalue weighted by atomic mass is 9.72. The Morgan fingerprint density at radius 2 is 1.58 bits per heavy atom. The molecule has 4 N–H and O–H groups in total. The second kappa shape index (κ2) is 12.9. The number of aliphatic hydroxyl groups is 1. The van der Waals surface area contributed by atoms with E-state index in [1.54, 1.807) is 0 Å². The number of ether oxygens (including phenoxy) is 1. The summed E-state index contributed by atoms with van der Waals surface area (Å²) in [5.41, 5.74) is -1.51. The number of rotatable bonds is 9. The number of hydrogen-bond acceptors (Lipinski definition) is 7. The van der Waals surface area contributed by atoms with Gasteiger partial charge in [-0.3, -0.25) is 14.4 Å². The Labute approximate surface area is 192 Å². The molecule has 10 heteroatoms. The number of benzene rings is 1. The van der Waals surface area contributed by atoms with Crippen molar-refractivity contribution in [1.29, 1.82) is 0 Å². The van der Waals surface area contributed by atoms with Crippen LogP contribution < -0.4 is 0 Å². The fourth-order valence-corrected chi connectivity index (χ4v) is 3.89. The molecule has 33 heavy (non-hydrogen) atoms. The van der Waals surface area contributed by atoms with Crippen LogP contribution in [0.2, 0.25) is 0 Å². The smallest absolute Gasteiger partial charge is 0.336 e. The van der Waals surface area contributed by atoms with Gasteiger partial charge in [-0.05, 0) is 51.9 Å². The van der Waals surface area contributed by atoms with Gasteiger partial charge in [0.2, 0.25) is 0 Å². The summed E-state index contributed by atoms with van der Waals surface area (Å²) < 4.78 is 5.21. The Balaban J connectivity index is 0.000000366. The summed E-state index contributed by atoms with van der Waals surface area (Å²) in [6.07, 6.45) is 1.42. The summed E-state index contributed by atoms with van der Waals surface area (Å²) in [7, 11) is 2.16. The van der Waals surface area contributed by atoms with Crippen molar-refractivity contribution in [2.45, 2.75) is 56.5 Å². The lowest BCUT2D eigenvalue weighted by Gasteiger charge is -2.32. The summed E-state index contributed by atoms with van der Waals surface area (Å²) >= 11 is 0. The molecule has 1 heterocycles. The molecule has 0 amide bonds. The largest absolute Gasteiger partial charge is 0.481 e. The van der Waals surface area contributed by atoms with Crippen molar-refractivity contribution in [3.05, 3.63) is 35.9 Å². The van der Waals surface area contributed by atoms with E-state index in [-0.39, 0.29) is 11.4 Å². The van der Waals surface area contributed by atoms with Crippen molar-refractivity contribution in [2.24, 2.45) is 0 Å². The molecule has 1 aromatic rings. The normalized spacial score (nSPS) is 18.9. The minimum Gasteiger partial charge on any atom is -0.481 e. The van der Waals surface area contributed by atoms with E-state index in [0.717, 1.165) is 32.4 Å². The standard InChI is InChI=1S/C17H25NO2.C6H8O7/c1-3-20-16(19)14-17(15-8-5-4-6-9-15)10-7-12-18(2)13-11-17;7-3(8)1-6(13,5(11)12)2-4(9)10/h4-6,8-9H,3,7,10-14H2,1-2H3;13H,1-2H2,(H,7,8)(H,9,10)(H,11,12). The number of esters is 1. The molecule has 0 radical (unpaired) electrons. The van der Waals surface area contributed by atoms with Crippen molar-refractivity contribution in [3.8, 4) is 0 Å². The van der Waals surface area contributed by atoms with Crippen LogP contribution in [0.5, 0.6) is 0 Å². The number of carboxylic acids is 3. The molecule has 1 aromatic carbocycles. The molecular weight excluding hydrogens is 434 g/mol. The van der Waals surface area contributed by atoms with Gasteiger partial charge < -0.3 is 30.1 Å². The van der Waals surface area contributed by atoms with Crippen LogP contribution in [-0.4, -0.2) is 81.5 Å². The first-order valence-electron chi connectivity index (χ1n) is 10.7. The Morgan fingerprint density at radius 1 is 1.00 bits per heavy atom. The van der Waals surface area contributed by atoms with Crippen LogP contribution in [-0.2, 0) is 29.3 Å². The number of aliphatic carboxylic acids is 3. The third-order valence-corrected chi connectivity index (χ3v) is 5.63. The van der Waals surface area contributed by atoms with Crippen molar-refractivity contribution in [3.63, 3.8) is 0 Å². The Kier molecular flexibility index (Phi) is 11.0. The molecule has 2 rings (SSSR count). The number of carbonyl (C=O) groups is 4. The van der Waals surface area contributed by atoms with Crippen LogP contribution >= 0.6 is 0 Å². The maximum Gasteiger partial charge on any atom is 0.336 e. The molecule has 1 aliphatic rings. The van der Waals surface area contributed by atoms with Crippen LogP contribution in [0.15, 0.2) is 30.3 Å². The van der Waals surface area contributed by atoms with Gasteiger partial charge in [-0.25, -0.2) is 4.79 Å². The number of carboxylic acid groups (broad SMARTS) is 3. The van der Waals surface area contributed by atoms with Crippen LogP contribution in [0.1, 0.15) is 51.0 Å².